The Kier molecular flexibility index (Phi) is 20.5. The minimum absolute atomic E-state index is 0.0629. The predicted octanol–water partition coefficient (Wildman–Crippen LogP) is 10.1. The van der Waals surface area contributed by atoms with Crippen LogP contribution in [0.5, 0.6) is 0 Å². The number of nitrogens with zero attached hydrogens (tertiary/aromatic N) is 1. The minimum atomic E-state index is -1.29. The molecule has 0 bridgehead atoms. The number of fused-ring (bicyclic) bond motifs is 1. The normalized spacial score (nSPS) is 18.1. The van der Waals surface area contributed by atoms with Crippen molar-refractivity contribution in [3.63, 3.8) is 0 Å². The summed E-state index contributed by atoms with van der Waals surface area (Å²) in [5, 5.41) is 11.1. The maximum Gasteiger partial charge on any atom is 0.330 e. The Bertz CT molecular complexity index is 1660. The number of aliphatic hydroxyl groups is 1. The highest BCUT2D eigenvalue weighted by molar-refractivity contribution is 5.82. The Hall–Kier alpha value is -3.70. The number of carbonyl (C=O) groups is 2. The molecule has 11 heteroatoms. The van der Waals surface area contributed by atoms with Crippen LogP contribution in [0.3, 0.4) is 0 Å². The third-order valence-electron chi connectivity index (χ3n) is 10.9. The zero-order valence-corrected chi connectivity index (χ0v) is 34.1. The van der Waals surface area contributed by atoms with Crippen LogP contribution < -0.4 is 11.2 Å². The molecule has 0 spiro atoms. The van der Waals surface area contributed by atoms with Gasteiger partial charge in [0.1, 0.15) is 17.4 Å². The van der Waals surface area contributed by atoms with Gasteiger partial charge in [-0.25, -0.2) is 4.79 Å². The van der Waals surface area contributed by atoms with Gasteiger partial charge in [-0.05, 0) is 25.0 Å². The average Bonchev–Trinajstić information content (AvgIpc) is 3.77. The Morgan fingerprint density at radius 2 is 1.18 bits per heavy atom. The fraction of sp³-hybridized carbons (Fsp3) is 0.689. The molecule has 0 aliphatic carbocycles. The summed E-state index contributed by atoms with van der Waals surface area (Å²) in [6.45, 7) is 3.90. The Morgan fingerprint density at radius 3 is 1.68 bits per heavy atom. The number of ether oxygens (including phenoxy) is 3. The summed E-state index contributed by atoms with van der Waals surface area (Å²) in [5.74, 6) is -0.769. The number of hydrogen-bond donors (Lipinski definition) is 2. The lowest BCUT2D eigenvalue weighted by Gasteiger charge is -2.25. The maximum absolute atomic E-state index is 13.3. The summed E-state index contributed by atoms with van der Waals surface area (Å²) < 4.78 is 25.0. The number of benzene rings is 1. The number of nitrogens with one attached hydrogen (secondary N) is 1. The minimum Gasteiger partial charge on any atom is -0.456 e. The second-order valence-electron chi connectivity index (χ2n) is 15.6. The van der Waals surface area contributed by atoms with E-state index >= 15 is 0 Å². The molecule has 2 aromatic heterocycles. The van der Waals surface area contributed by atoms with E-state index in [0.717, 1.165) is 48.5 Å². The SMILES string of the molecule is CCCCCCCCCCCCCC(=O)O[C@@H]1[C@H](OC(=O)CCCCCCCCCCCCC)[C@@H](n2cc(-c3cc4ccccc4o3)c(=O)[nH]c2=O)O[C@H]1CO. The van der Waals surface area contributed by atoms with Crippen molar-refractivity contribution in [1.29, 1.82) is 0 Å². The number of aromatic amines is 1. The van der Waals surface area contributed by atoms with Gasteiger partial charge in [0.25, 0.3) is 5.56 Å². The van der Waals surface area contributed by atoms with Crippen LogP contribution in [-0.4, -0.2) is 51.5 Å². The second kappa shape index (κ2) is 25.5. The summed E-state index contributed by atoms with van der Waals surface area (Å²) in [7, 11) is 0. The maximum atomic E-state index is 13.3. The van der Waals surface area contributed by atoms with E-state index in [4.69, 9.17) is 18.6 Å². The summed E-state index contributed by atoms with van der Waals surface area (Å²) >= 11 is 0. The second-order valence-corrected chi connectivity index (χ2v) is 15.6. The van der Waals surface area contributed by atoms with E-state index in [1.165, 1.54) is 96.1 Å². The third kappa shape index (κ3) is 14.7. The van der Waals surface area contributed by atoms with Crippen LogP contribution in [0, 0.1) is 0 Å². The number of aliphatic hydroxyl groups excluding tert-OH is 1. The van der Waals surface area contributed by atoms with Crippen molar-refractivity contribution >= 4 is 22.9 Å². The first-order valence-electron chi connectivity index (χ1n) is 21.9. The van der Waals surface area contributed by atoms with Crippen LogP contribution in [0.25, 0.3) is 22.3 Å². The van der Waals surface area contributed by atoms with Gasteiger partial charge in [-0.1, -0.05) is 160 Å². The molecule has 1 aliphatic rings. The van der Waals surface area contributed by atoms with Crippen LogP contribution in [0.15, 0.2) is 50.5 Å². The van der Waals surface area contributed by atoms with Crippen molar-refractivity contribution in [1.82, 2.24) is 9.55 Å². The van der Waals surface area contributed by atoms with E-state index in [9.17, 15) is 24.3 Å². The van der Waals surface area contributed by atoms with Crippen molar-refractivity contribution in [3.05, 3.63) is 57.4 Å². The van der Waals surface area contributed by atoms with Crippen molar-refractivity contribution in [2.24, 2.45) is 0 Å². The summed E-state index contributed by atoms with van der Waals surface area (Å²) in [6, 6.07) is 8.98. The van der Waals surface area contributed by atoms with Gasteiger partial charge < -0.3 is 23.7 Å². The summed E-state index contributed by atoms with van der Waals surface area (Å²) in [6.07, 6.45) is 22.0. The summed E-state index contributed by atoms with van der Waals surface area (Å²) in [5.41, 5.74) is -0.845. The molecule has 0 unspecified atom stereocenters. The van der Waals surface area contributed by atoms with Crippen LogP contribution in [0.4, 0.5) is 0 Å². The first-order valence-corrected chi connectivity index (χ1v) is 21.9. The zero-order chi connectivity index (χ0) is 40.0. The average molecular weight is 781 g/mol. The molecular formula is C45H68N2O9. The van der Waals surface area contributed by atoms with Gasteiger partial charge in [0.15, 0.2) is 18.4 Å². The lowest BCUT2D eigenvalue weighted by atomic mass is 10.1. The molecule has 3 aromatic rings. The van der Waals surface area contributed by atoms with Crippen LogP contribution in [0.2, 0.25) is 0 Å². The number of furan rings is 1. The number of rotatable bonds is 29. The highest BCUT2D eigenvalue weighted by atomic mass is 16.6. The van der Waals surface area contributed by atoms with Crippen LogP contribution in [-0.2, 0) is 23.8 Å². The topological polar surface area (TPSA) is 150 Å². The van der Waals surface area contributed by atoms with Crippen molar-refractivity contribution in [3.8, 4) is 11.3 Å². The highest BCUT2D eigenvalue weighted by Gasteiger charge is 2.50. The molecule has 56 heavy (non-hydrogen) atoms. The molecule has 1 fully saturated rings. The van der Waals surface area contributed by atoms with Gasteiger partial charge in [0, 0.05) is 24.4 Å². The smallest absolute Gasteiger partial charge is 0.330 e. The fourth-order valence-electron chi connectivity index (χ4n) is 7.60. The largest absolute Gasteiger partial charge is 0.456 e. The van der Waals surface area contributed by atoms with E-state index in [2.05, 4.69) is 18.8 Å². The first-order chi connectivity index (χ1) is 27.4. The van der Waals surface area contributed by atoms with Gasteiger partial charge in [0.2, 0.25) is 0 Å². The van der Waals surface area contributed by atoms with Crippen molar-refractivity contribution in [2.45, 2.75) is 192 Å². The van der Waals surface area contributed by atoms with Gasteiger partial charge in [0.05, 0.1) is 12.2 Å². The van der Waals surface area contributed by atoms with E-state index in [1.54, 1.807) is 12.1 Å². The molecule has 1 saturated heterocycles. The lowest BCUT2D eigenvalue weighted by Crippen LogP contribution is -2.42. The van der Waals surface area contributed by atoms with E-state index in [-0.39, 0.29) is 24.2 Å². The van der Waals surface area contributed by atoms with E-state index in [0.29, 0.717) is 18.4 Å². The number of esters is 2. The molecule has 0 saturated carbocycles. The fourth-order valence-corrected chi connectivity index (χ4v) is 7.60. The number of carbonyl (C=O) groups excluding carboxylic acids is 2. The molecule has 2 N–H and O–H groups in total. The molecule has 3 heterocycles. The Balaban J connectivity index is 1.39. The lowest BCUT2D eigenvalue weighted by molar-refractivity contribution is -0.169. The summed E-state index contributed by atoms with van der Waals surface area (Å²) in [4.78, 5) is 55.2. The van der Waals surface area contributed by atoms with Crippen LogP contribution in [0.1, 0.15) is 174 Å². The van der Waals surface area contributed by atoms with Gasteiger partial charge >= 0.3 is 17.6 Å². The molecule has 1 aromatic carbocycles. The van der Waals surface area contributed by atoms with Gasteiger partial charge in [-0.3, -0.25) is 23.9 Å². The molecule has 1 aliphatic heterocycles. The monoisotopic (exact) mass is 780 g/mol. The number of unbranched alkanes of at least 4 members (excludes halogenated alkanes) is 20. The molecule has 4 rings (SSSR count). The number of aromatic nitrogens is 2. The predicted molar refractivity (Wildman–Crippen MR) is 219 cm³/mol. The number of para-hydroxylation sites is 1. The van der Waals surface area contributed by atoms with Crippen LogP contribution >= 0.6 is 0 Å². The van der Waals surface area contributed by atoms with Gasteiger partial charge in [-0.2, -0.15) is 0 Å². The molecular weight excluding hydrogens is 713 g/mol. The van der Waals surface area contributed by atoms with E-state index < -0.39 is 54.3 Å². The zero-order valence-electron chi connectivity index (χ0n) is 34.1. The molecule has 4 atom stereocenters. The molecule has 0 radical (unpaired) electrons. The van der Waals surface area contributed by atoms with Gasteiger partial charge in [-0.15, -0.1) is 0 Å². The highest BCUT2D eigenvalue weighted by Crippen LogP contribution is 2.35. The van der Waals surface area contributed by atoms with Crippen molar-refractivity contribution < 1.29 is 33.3 Å². The van der Waals surface area contributed by atoms with Crippen molar-refractivity contribution in [2.75, 3.05) is 6.61 Å². The molecule has 0 amide bonds. The quantitative estimate of drug-likeness (QED) is 0.0518. The number of H-pyrrole nitrogens is 1. The third-order valence-corrected chi connectivity index (χ3v) is 10.9. The number of hydrogen-bond acceptors (Lipinski definition) is 9. The Labute approximate surface area is 332 Å². The first kappa shape index (κ1) is 45.0. The standard InChI is InChI=1S/C45H68N2O9/c1-3-5-7-9-11-13-15-17-19-21-23-29-39(49)55-41-38(33-48)54-44(42(41)56-40(50)30-24-22-20-18-16-14-12-10-8-6-4-2)47-32-35(43(51)46-45(47)52)37-31-34-27-25-26-28-36(34)53-37/h25-28,31-32,38,41-42,44,48H,3-24,29-30,33H2,1-2H3,(H,46,51,52)/t38-,41-,42-,44-/m0/s1. The molecule has 312 valence electrons. The Morgan fingerprint density at radius 1 is 0.696 bits per heavy atom. The van der Waals surface area contributed by atoms with E-state index in [1.807, 2.05) is 18.2 Å². The molecule has 11 nitrogen and oxygen atoms in total.